The third-order valence-corrected chi connectivity index (χ3v) is 3.76. The number of halogens is 1. The van der Waals surface area contributed by atoms with Crippen molar-refractivity contribution < 1.29 is 4.79 Å². The van der Waals surface area contributed by atoms with Gasteiger partial charge < -0.3 is 4.90 Å². The zero-order chi connectivity index (χ0) is 10.4. The second kappa shape index (κ2) is 3.34. The van der Waals surface area contributed by atoms with Crippen LogP contribution in [-0.4, -0.2) is 12.5 Å². The van der Waals surface area contributed by atoms with E-state index in [1.54, 1.807) is 0 Å². The van der Waals surface area contributed by atoms with Crippen LogP contribution in [-0.2, 0) is 11.2 Å². The number of amides is 1. The molecule has 1 aromatic carbocycles. The molecule has 1 fully saturated rings. The molecule has 1 heterocycles. The number of nitrogens with zero attached hydrogens (tertiary/aromatic N) is 1. The van der Waals surface area contributed by atoms with E-state index in [4.69, 9.17) is 0 Å². The Morgan fingerprint density at radius 3 is 2.93 bits per heavy atom. The summed E-state index contributed by atoms with van der Waals surface area (Å²) in [5, 5.41) is 0. The molecule has 1 amide bonds. The van der Waals surface area contributed by atoms with Crippen molar-refractivity contribution in [1.29, 1.82) is 0 Å². The van der Waals surface area contributed by atoms with Crippen LogP contribution in [0.1, 0.15) is 18.4 Å². The second-order valence-corrected chi connectivity index (χ2v) is 5.23. The highest BCUT2D eigenvalue weighted by Gasteiger charge is 2.33. The minimum Gasteiger partial charge on any atom is -0.310 e. The Hall–Kier alpha value is -0.830. The molecule has 1 aliphatic heterocycles. The zero-order valence-corrected chi connectivity index (χ0v) is 9.96. The maximum atomic E-state index is 11.9. The van der Waals surface area contributed by atoms with Gasteiger partial charge in [-0.2, -0.15) is 0 Å². The molecule has 0 radical (unpaired) electrons. The van der Waals surface area contributed by atoms with Crippen LogP contribution in [0.2, 0.25) is 0 Å². The number of fused-ring (bicyclic) bond motifs is 1. The first-order valence-corrected chi connectivity index (χ1v) is 6.13. The van der Waals surface area contributed by atoms with Crippen LogP contribution in [0.5, 0.6) is 0 Å². The fourth-order valence-corrected chi connectivity index (χ4v) is 2.76. The van der Waals surface area contributed by atoms with Gasteiger partial charge >= 0.3 is 0 Å². The zero-order valence-electron chi connectivity index (χ0n) is 8.37. The quantitative estimate of drug-likeness (QED) is 0.806. The normalized spacial score (nSPS) is 19.5. The van der Waals surface area contributed by atoms with Gasteiger partial charge in [-0.15, -0.1) is 0 Å². The Bertz CT molecular complexity index is 426. The smallest absolute Gasteiger partial charge is 0.231 e. The van der Waals surface area contributed by atoms with E-state index < -0.39 is 0 Å². The van der Waals surface area contributed by atoms with Gasteiger partial charge in [0.15, 0.2) is 0 Å². The van der Waals surface area contributed by atoms with Crippen LogP contribution in [0.3, 0.4) is 0 Å². The van der Waals surface area contributed by atoms with E-state index >= 15 is 0 Å². The lowest BCUT2D eigenvalue weighted by molar-refractivity contribution is -0.117. The Labute approximate surface area is 97.4 Å². The summed E-state index contributed by atoms with van der Waals surface area (Å²) in [4.78, 5) is 13.8. The van der Waals surface area contributed by atoms with Crippen molar-refractivity contribution in [1.82, 2.24) is 0 Å². The molecule has 15 heavy (non-hydrogen) atoms. The van der Waals surface area contributed by atoms with E-state index in [0.29, 0.717) is 6.42 Å². The lowest BCUT2D eigenvalue weighted by Crippen LogP contribution is -2.29. The third-order valence-electron chi connectivity index (χ3n) is 3.12. The first-order valence-electron chi connectivity index (χ1n) is 5.33. The standard InChI is InChI=1S/C12H12BrNO/c13-10-3-1-2-9-6-11(15)14(12(9)10)7-8-4-5-8/h1-3,8H,4-7H2. The minimum atomic E-state index is 0.254. The molecule has 3 heteroatoms. The first kappa shape index (κ1) is 9.40. The molecule has 2 aliphatic rings. The lowest BCUT2D eigenvalue weighted by Gasteiger charge is -2.18. The maximum absolute atomic E-state index is 11.9. The largest absolute Gasteiger partial charge is 0.310 e. The van der Waals surface area contributed by atoms with Gasteiger partial charge in [-0.1, -0.05) is 12.1 Å². The summed E-state index contributed by atoms with van der Waals surface area (Å²) < 4.78 is 1.05. The summed E-state index contributed by atoms with van der Waals surface area (Å²) in [5.74, 6) is 0.996. The number of carbonyl (C=O) groups excluding carboxylic acids is 1. The van der Waals surface area contributed by atoms with E-state index in [-0.39, 0.29) is 5.91 Å². The Kier molecular flexibility index (Phi) is 2.09. The van der Waals surface area contributed by atoms with E-state index in [1.165, 1.54) is 12.8 Å². The van der Waals surface area contributed by atoms with Gasteiger partial charge in [0.25, 0.3) is 0 Å². The SMILES string of the molecule is O=C1Cc2cccc(Br)c2N1CC1CC1. The van der Waals surface area contributed by atoms with E-state index in [0.717, 1.165) is 28.2 Å². The van der Waals surface area contributed by atoms with E-state index in [9.17, 15) is 4.79 Å². The molecule has 0 atom stereocenters. The average Bonchev–Trinajstić information content (AvgIpc) is 2.93. The van der Waals surface area contributed by atoms with Crippen molar-refractivity contribution in [3.63, 3.8) is 0 Å². The molecule has 1 aliphatic carbocycles. The molecule has 0 unspecified atom stereocenters. The van der Waals surface area contributed by atoms with Crippen LogP contribution < -0.4 is 4.90 Å². The highest BCUT2D eigenvalue weighted by atomic mass is 79.9. The number of hydrogen-bond acceptors (Lipinski definition) is 1. The van der Waals surface area contributed by atoms with Gasteiger partial charge in [0.2, 0.25) is 5.91 Å². The van der Waals surface area contributed by atoms with Gasteiger partial charge in [0.05, 0.1) is 12.1 Å². The molecule has 3 rings (SSSR count). The monoisotopic (exact) mass is 265 g/mol. The van der Waals surface area contributed by atoms with E-state index in [2.05, 4.69) is 15.9 Å². The van der Waals surface area contributed by atoms with Crippen LogP contribution in [0.15, 0.2) is 22.7 Å². The van der Waals surface area contributed by atoms with Crippen LogP contribution in [0, 0.1) is 5.92 Å². The highest BCUT2D eigenvalue weighted by molar-refractivity contribution is 9.10. The summed E-state index contributed by atoms with van der Waals surface area (Å²) in [5.41, 5.74) is 2.27. The topological polar surface area (TPSA) is 20.3 Å². The van der Waals surface area contributed by atoms with Crippen LogP contribution in [0.4, 0.5) is 5.69 Å². The molecule has 0 aromatic heterocycles. The van der Waals surface area contributed by atoms with Gasteiger partial charge in [-0.25, -0.2) is 0 Å². The molecular formula is C12H12BrNO. The molecule has 0 saturated heterocycles. The fourth-order valence-electron chi connectivity index (χ4n) is 2.14. The first-order chi connectivity index (χ1) is 7.25. The van der Waals surface area contributed by atoms with Crippen LogP contribution in [0.25, 0.3) is 0 Å². The number of carbonyl (C=O) groups is 1. The third kappa shape index (κ3) is 1.59. The van der Waals surface area contributed by atoms with Gasteiger partial charge in [-0.05, 0) is 46.3 Å². The summed E-state index contributed by atoms with van der Waals surface area (Å²) >= 11 is 3.53. The second-order valence-electron chi connectivity index (χ2n) is 4.37. The highest BCUT2D eigenvalue weighted by Crippen LogP contribution is 2.39. The van der Waals surface area contributed by atoms with Crippen molar-refractivity contribution in [2.45, 2.75) is 19.3 Å². The Morgan fingerprint density at radius 2 is 2.20 bits per heavy atom. The number of rotatable bonds is 2. The molecule has 78 valence electrons. The Morgan fingerprint density at radius 1 is 1.40 bits per heavy atom. The minimum absolute atomic E-state index is 0.254. The molecule has 1 aromatic rings. The Balaban J connectivity index is 1.99. The fraction of sp³-hybridized carbons (Fsp3) is 0.417. The van der Waals surface area contributed by atoms with Gasteiger partial charge in [0.1, 0.15) is 0 Å². The van der Waals surface area contributed by atoms with Gasteiger partial charge in [0, 0.05) is 11.0 Å². The summed E-state index contributed by atoms with van der Waals surface area (Å²) in [6.07, 6.45) is 3.13. The van der Waals surface area contributed by atoms with E-state index in [1.807, 2.05) is 23.1 Å². The summed E-state index contributed by atoms with van der Waals surface area (Å²) in [6.45, 7) is 0.911. The van der Waals surface area contributed by atoms with Crippen molar-refractivity contribution >= 4 is 27.5 Å². The number of hydrogen-bond donors (Lipinski definition) is 0. The van der Waals surface area contributed by atoms with Crippen LogP contribution >= 0.6 is 15.9 Å². The predicted molar refractivity (Wildman–Crippen MR) is 62.9 cm³/mol. The molecule has 0 bridgehead atoms. The number of anilines is 1. The molecule has 1 saturated carbocycles. The molecule has 0 N–H and O–H groups in total. The lowest BCUT2D eigenvalue weighted by atomic mass is 10.2. The molecule has 2 nitrogen and oxygen atoms in total. The number of para-hydroxylation sites is 1. The van der Waals surface area contributed by atoms with Crippen molar-refractivity contribution in [3.05, 3.63) is 28.2 Å². The maximum Gasteiger partial charge on any atom is 0.231 e. The average molecular weight is 266 g/mol. The predicted octanol–water partition coefficient (Wildman–Crippen LogP) is 2.75. The van der Waals surface area contributed by atoms with Gasteiger partial charge in [-0.3, -0.25) is 4.79 Å². The summed E-state index contributed by atoms with van der Waals surface area (Å²) in [7, 11) is 0. The number of benzene rings is 1. The molecular weight excluding hydrogens is 254 g/mol. The summed E-state index contributed by atoms with van der Waals surface area (Å²) in [6, 6.07) is 6.05. The molecule has 0 spiro atoms. The van der Waals surface area contributed by atoms with Crippen molar-refractivity contribution in [2.75, 3.05) is 11.4 Å². The van der Waals surface area contributed by atoms with Crippen molar-refractivity contribution in [3.8, 4) is 0 Å². The van der Waals surface area contributed by atoms with Crippen molar-refractivity contribution in [2.24, 2.45) is 5.92 Å².